The Labute approximate surface area is 122 Å². The smallest absolute Gasteiger partial charge is 0.0931 e. The van der Waals surface area contributed by atoms with Crippen molar-refractivity contribution in [3.8, 4) is 0 Å². The minimum absolute atomic E-state index is 0.288. The Morgan fingerprint density at radius 2 is 2.11 bits per heavy atom. The minimum atomic E-state index is 0.288. The zero-order valence-corrected chi connectivity index (χ0v) is 13.0. The maximum Gasteiger partial charge on any atom is 0.0931 e. The van der Waals surface area contributed by atoms with Crippen LogP contribution in [0.25, 0.3) is 0 Å². The van der Waals surface area contributed by atoms with Crippen LogP contribution in [0.4, 0.5) is 0 Å². The van der Waals surface area contributed by atoms with Crippen molar-refractivity contribution in [3.05, 3.63) is 43.7 Å². The van der Waals surface area contributed by atoms with Gasteiger partial charge in [-0.1, -0.05) is 37.9 Å². The van der Waals surface area contributed by atoms with Crippen molar-refractivity contribution in [1.82, 2.24) is 5.32 Å². The first kappa shape index (κ1) is 14.1. The second kappa shape index (κ2) is 6.71. The molecule has 2 unspecified atom stereocenters. The second-order valence-corrected chi connectivity index (χ2v) is 7.24. The van der Waals surface area contributed by atoms with E-state index in [1.165, 1.54) is 16.2 Å². The molecule has 0 aliphatic carbocycles. The molecule has 98 valence electrons. The zero-order valence-electron chi connectivity index (χ0n) is 10.7. The van der Waals surface area contributed by atoms with Crippen molar-refractivity contribution in [2.24, 2.45) is 5.92 Å². The van der Waals surface area contributed by atoms with Crippen LogP contribution >= 0.6 is 34.3 Å². The van der Waals surface area contributed by atoms with E-state index in [1.807, 2.05) is 6.07 Å². The van der Waals surface area contributed by atoms with Gasteiger partial charge in [0.2, 0.25) is 0 Å². The molecule has 0 aromatic carbocycles. The van der Waals surface area contributed by atoms with E-state index in [2.05, 4.69) is 42.7 Å². The molecule has 4 heteroatoms. The zero-order chi connectivity index (χ0) is 13.0. The van der Waals surface area contributed by atoms with E-state index < -0.39 is 0 Å². The second-order valence-electron chi connectivity index (χ2n) is 4.51. The molecular formula is C14H18ClNS2. The molecule has 1 nitrogen and oxygen atoms in total. The molecule has 1 N–H and O–H groups in total. The lowest BCUT2D eigenvalue weighted by Crippen LogP contribution is -2.25. The summed E-state index contributed by atoms with van der Waals surface area (Å²) in [6.07, 6.45) is 1.20. The third-order valence-corrected chi connectivity index (χ3v) is 5.31. The lowest BCUT2D eigenvalue weighted by molar-refractivity contribution is 0.478. The highest BCUT2D eigenvalue weighted by Crippen LogP contribution is 2.33. The van der Waals surface area contributed by atoms with Gasteiger partial charge in [-0.25, -0.2) is 0 Å². The van der Waals surface area contributed by atoms with E-state index in [0.717, 1.165) is 10.9 Å². The van der Waals surface area contributed by atoms with Crippen molar-refractivity contribution in [2.75, 3.05) is 6.54 Å². The molecule has 2 atom stereocenters. The van der Waals surface area contributed by atoms with Gasteiger partial charge in [-0.2, -0.15) is 0 Å². The highest BCUT2D eigenvalue weighted by Gasteiger charge is 2.17. The van der Waals surface area contributed by atoms with Gasteiger partial charge in [0.25, 0.3) is 0 Å². The summed E-state index contributed by atoms with van der Waals surface area (Å²) in [5.74, 6) is 0.697. The molecule has 18 heavy (non-hydrogen) atoms. The normalized spacial score (nSPS) is 14.6. The van der Waals surface area contributed by atoms with Gasteiger partial charge in [0.05, 0.1) is 10.4 Å². The third-order valence-electron chi connectivity index (χ3n) is 3.07. The van der Waals surface area contributed by atoms with E-state index in [0.29, 0.717) is 5.92 Å². The Kier molecular flexibility index (Phi) is 5.25. The van der Waals surface area contributed by atoms with E-state index >= 15 is 0 Å². The Hall–Kier alpha value is -0.350. The van der Waals surface area contributed by atoms with Crippen LogP contribution in [-0.4, -0.2) is 6.54 Å². The molecule has 0 radical (unpaired) electrons. The number of thiophene rings is 2. The Morgan fingerprint density at radius 3 is 2.67 bits per heavy atom. The fourth-order valence-corrected chi connectivity index (χ4v) is 3.79. The first-order valence-corrected chi connectivity index (χ1v) is 8.30. The monoisotopic (exact) mass is 299 g/mol. The van der Waals surface area contributed by atoms with Crippen molar-refractivity contribution in [2.45, 2.75) is 26.3 Å². The molecule has 0 fully saturated rings. The van der Waals surface area contributed by atoms with E-state index in [9.17, 15) is 0 Å². The first-order chi connectivity index (χ1) is 8.70. The van der Waals surface area contributed by atoms with Crippen LogP contribution in [0.15, 0.2) is 29.6 Å². The highest BCUT2D eigenvalue weighted by atomic mass is 35.5. The summed E-state index contributed by atoms with van der Waals surface area (Å²) in [6, 6.07) is 8.69. The van der Waals surface area contributed by atoms with Gasteiger partial charge in [0.1, 0.15) is 0 Å². The molecule has 0 aliphatic rings. The molecule has 2 aromatic heterocycles. The number of rotatable bonds is 6. The van der Waals surface area contributed by atoms with Crippen LogP contribution in [0.2, 0.25) is 4.34 Å². The quantitative estimate of drug-likeness (QED) is 0.774. The predicted octanol–water partition coefficient (Wildman–Crippen LogP) is 5.19. The van der Waals surface area contributed by atoms with Crippen LogP contribution in [0.3, 0.4) is 0 Å². The summed E-state index contributed by atoms with van der Waals surface area (Å²) in [5, 5.41) is 5.79. The average Bonchev–Trinajstić information content (AvgIpc) is 3.01. The van der Waals surface area contributed by atoms with Crippen molar-refractivity contribution in [1.29, 1.82) is 0 Å². The largest absolute Gasteiger partial charge is 0.305 e. The van der Waals surface area contributed by atoms with Gasteiger partial charge in [-0.3, -0.25) is 0 Å². The molecule has 0 saturated carbocycles. The van der Waals surface area contributed by atoms with Gasteiger partial charge in [-0.15, -0.1) is 22.7 Å². The summed E-state index contributed by atoms with van der Waals surface area (Å²) in [6.45, 7) is 5.54. The van der Waals surface area contributed by atoms with Crippen LogP contribution in [0.5, 0.6) is 0 Å². The molecule has 2 rings (SSSR count). The van der Waals surface area contributed by atoms with Crippen molar-refractivity contribution >= 4 is 34.3 Å². The number of hydrogen-bond donors (Lipinski definition) is 1. The summed E-state index contributed by atoms with van der Waals surface area (Å²) in [4.78, 5) is 2.66. The average molecular weight is 300 g/mol. The number of nitrogens with one attached hydrogen (secondary N) is 1. The predicted molar refractivity (Wildman–Crippen MR) is 82.9 cm³/mol. The van der Waals surface area contributed by atoms with Crippen LogP contribution in [0.1, 0.15) is 36.1 Å². The summed E-state index contributed by atoms with van der Waals surface area (Å²) in [7, 11) is 0. The first-order valence-electron chi connectivity index (χ1n) is 6.22. The SMILES string of the molecule is CCC(C)CNC(c1cccs1)c1ccc(Cl)s1. The third kappa shape index (κ3) is 3.58. The van der Waals surface area contributed by atoms with E-state index in [1.54, 1.807) is 22.7 Å². The Balaban J connectivity index is 2.13. The van der Waals surface area contributed by atoms with Gasteiger partial charge in [-0.05, 0) is 36.0 Å². The molecular weight excluding hydrogens is 282 g/mol. The van der Waals surface area contributed by atoms with Gasteiger partial charge >= 0.3 is 0 Å². The molecule has 0 aliphatic heterocycles. The van der Waals surface area contributed by atoms with Gasteiger partial charge < -0.3 is 5.32 Å². The van der Waals surface area contributed by atoms with Crippen LogP contribution in [-0.2, 0) is 0 Å². The Morgan fingerprint density at radius 1 is 1.28 bits per heavy atom. The lowest BCUT2D eigenvalue weighted by atomic mass is 10.1. The molecule has 0 spiro atoms. The Bertz CT molecular complexity index is 464. The number of hydrogen-bond acceptors (Lipinski definition) is 3. The maximum absolute atomic E-state index is 6.05. The minimum Gasteiger partial charge on any atom is -0.305 e. The van der Waals surface area contributed by atoms with Gasteiger partial charge in [0, 0.05) is 9.75 Å². The molecule has 0 bridgehead atoms. The topological polar surface area (TPSA) is 12.0 Å². The lowest BCUT2D eigenvalue weighted by Gasteiger charge is -2.18. The van der Waals surface area contributed by atoms with Crippen LogP contribution in [0, 0.1) is 5.92 Å². The van der Waals surface area contributed by atoms with Crippen LogP contribution < -0.4 is 5.32 Å². The van der Waals surface area contributed by atoms with Crippen molar-refractivity contribution < 1.29 is 0 Å². The fraction of sp³-hybridized carbons (Fsp3) is 0.429. The van der Waals surface area contributed by atoms with E-state index in [4.69, 9.17) is 11.6 Å². The van der Waals surface area contributed by atoms with Crippen molar-refractivity contribution in [3.63, 3.8) is 0 Å². The molecule has 0 amide bonds. The highest BCUT2D eigenvalue weighted by molar-refractivity contribution is 7.16. The molecule has 0 saturated heterocycles. The van der Waals surface area contributed by atoms with E-state index in [-0.39, 0.29) is 6.04 Å². The van der Waals surface area contributed by atoms with Gasteiger partial charge in [0.15, 0.2) is 0 Å². The summed E-state index contributed by atoms with van der Waals surface area (Å²) < 4.78 is 0.858. The molecule has 2 heterocycles. The molecule has 2 aromatic rings. The number of halogens is 1. The maximum atomic E-state index is 6.05. The summed E-state index contributed by atoms with van der Waals surface area (Å²) >= 11 is 9.51. The summed E-state index contributed by atoms with van der Waals surface area (Å²) in [5.41, 5.74) is 0. The standard InChI is InChI=1S/C14H18ClNS2/c1-3-10(2)9-16-14(11-5-4-8-17-11)12-6-7-13(15)18-12/h4-8,10,14,16H,3,9H2,1-2H3. The fourth-order valence-electron chi connectivity index (χ4n) is 1.74.